The Morgan fingerprint density at radius 2 is 2.20 bits per heavy atom. The third-order valence-corrected chi connectivity index (χ3v) is 5.25. The number of rotatable bonds is 4. The van der Waals surface area contributed by atoms with E-state index in [1.165, 1.54) is 24.4 Å². The topological polar surface area (TPSA) is 114 Å². The van der Waals surface area contributed by atoms with Gasteiger partial charge in [-0.1, -0.05) is 18.2 Å². The predicted molar refractivity (Wildman–Crippen MR) is 105 cm³/mol. The second-order valence-corrected chi connectivity index (χ2v) is 7.41. The Bertz CT molecular complexity index is 986. The van der Waals surface area contributed by atoms with Crippen molar-refractivity contribution < 1.29 is 23.0 Å². The predicted octanol–water partition coefficient (Wildman–Crippen LogP) is 2.52. The van der Waals surface area contributed by atoms with Crippen molar-refractivity contribution in [1.82, 2.24) is 10.3 Å². The first-order valence-electron chi connectivity index (χ1n) is 9.47. The van der Waals surface area contributed by atoms with Gasteiger partial charge in [0.05, 0.1) is 13.1 Å². The maximum absolute atomic E-state index is 14.9. The molecule has 10 heteroatoms. The van der Waals surface area contributed by atoms with Gasteiger partial charge in [0.2, 0.25) is 0 Å². The summed E-state index contributed by atoms with van der Waals surface area (Å²) < 4.78 is 40.2. The van der Waals surface area contributed by atoms with Crippen LogP contribution in [0.3, 0.4) is 0 Å². The summed E-state index contributed by atoms with van der Waals surface area (Å²) in [4.78, 5) is 17.4. The van der Waals surface area contributed by atoms with Crippen molar-refractivity contribution in [2.75, 3.05) is 24.6 Å². The molecule has 0 aliphatic carbocycles. The molecule has 1 aromatic carbocycles. The molecular formula is C20H21F2N5O3. The van der Waals surface area contributed by atoms with Crippen LogP contribution in [0, 0.1) is 17.0 Å². The molecule has 1 aromatic heterocycles. The van der Waals surface area contributed by atoms with E-state index >= 15 is 0 Å². The van der Waals surface area contributed by atoms with E-state index in [1.807, 2.05) is 10.2 Å². The van der Waals surface area contributed by atoms with Crippen LogP contribution in [-0.4, -0.2) is 42.3 Å². The summed E-state index contributed by atoms with van der Waals surface area (Å²) in [6.45, 7) is 1.56. The quantitative estimate of drug-likeness (QED) is 0.520. The number of nitrogens with zero attached hydrogens (tertiary/aromatic N) is 2. The lowest BCUT2D eigenvalue weighted by molar-refractivity contribution is -0.0187. The van der Waals surface area contributed by atoms with E-state index in [0.717, 1.165) is 19.4 Å². The van der Waals surface area contributed by atoms with Gasteiger partial charge < -0.3 is 20.1 Å². The number of alkyl carbamates (subject to hydrolysis) is 1. The van der Waals surface area contributed by atoms with Gasteiger partial charge in [0.1, 0.15) is 18.0 Å². The molecule has 4 rings (SSSR count). The summed E-state index contributed by atoms with van der Waals surface area (Å²) in [5, 5.41) is 8.90. The number of ether oxygens (including phenoxy) is 2. The molecule has 0 unspecified atom stereocenters. The van der Waals surface area contributed by atoms with Gasteiger partial charge in [-0.05, 0) is 18.9 Å². The molecule has 2 aliphatic rings. The van der Waals surface area contributed by atoms with E-state index in [9.17, 15) is 13.6 Å². The van der Waals surface area contributed by atoms with Crippen LogP contribution >= 0.6 is 0 Å². The molecule has 4 N–H and O–H groups in total. The average molecular weight is 417 g/mol. The molecule has 158 valence electrons. The average Bonchev–Trinajstić information content (AvgIpc) is 3.16. The minimum Gasteiger partial charge on any atom is -0.444 e. The highest BCUT2D eigenvalue weighted by Gasteiger charge is 2.47. The molecule has 1 spiro atoms. The van der Waals surface area contributed by atoms with Gasteiger partial charge >= 0.3 is 6.09 Å². The molecule has 2 aliphatic heterocycles. The highest BCUT2D eigenvalue weighted by Crippen LogP contribution is 2.38. The molecule has 2 aromatic rings. The maximum Gasteiger partial charge on any atom is 0.414 e. The first-order chi connectivity index (χ1) is 14.4. The number of amides is 1. The first kappa shape index (κ1) is 20.0. The van der Waals surface area contributed by atoms with Crippen LogP contribution in [-0.2, 0) is 16.1 Å². The molecule has 0 saturated carbocycles. The summed E-state index contributed by atoms with van der Waals surface area (Å²) in [5.74, 6) is -1.55. The molecule has 0 atom stereocenters. The van der Waals surface area contributed by atoms with Crippen LogP contribution in [0.1, 0.15) is 18.4 Å². The number of carbonyl (C=O) groups is 1. The molecule has 0 radical (unpaired) electrons. The van der Waals surface area contributed by atoms with E-state index < -0.39 is 23.7 Å². The van der Waals surface area contributed by atoms with E-state index in [0.29, 0.717) is 13.1 Å². The van der Waals surface area contributed by atoms with Crippen LogP contribution in [0.5, 0.6) is 0 Å². The van der Waals surface area contributed by atoms with Crippen molar-refractivity contribution in [3.05, 3.63) is 47.7 Å². The van der Waals surface area contributed by atoms with Crippen molar-refractivity contribution >= 4 is 17.9 Å². The van der Waals surface area contributed by atoms with Crippen LogP contribution in [0.4, 0.5) is 19.4 Å². The minimum atomic E-state index is -0.970. The fourth-order valence-electron chi connectivity index (χ4n) is 3.82. The summed E-state index contributed by atoms with van der Waals surface area (Å²) in [6, 6.07) is 5.76. The normalized spacial score (nSPS) is 16.9. The fraction of sp³-hybridized carbons (Fsp3) is 0.350. The number of guanidine groups is 1. The summed E-state index contributed by atoms with van der Waals surface area (Å²) in [7, 11) is 0. The Morgan fingerprint density at radius 3 is 2.87 bits per heavy atom. The van der Waals surface area contributed by atoms with E-state index in [2.05, 4.69) is 4.98 Å². The van der Waals surface area contributed by atoms with Gasteiger partial charge in [0.15, 0.2) is 17.6 Å². The third-order valence-electron chi connectivity index (χ3n) is 5.25. The van der Waals surface area contributed by atoms with Gasteiger partial charge in [-0.3, -0.25) is 10.7 Å². The number of hydrogen-bond acceptors (Lipinski definition) is 6. The van der Waals surface area contributed by atoms with E-state index in [-0.39, 0.29) is 34.7 Å². The number of nitrogens with two attached hydrogens (primary N) is 1. The Morgan fingerprint density at radius 1 is 1.40 bits per heavy atom. The van der Waals surface area contributed by atoms with Gasteiger partial charge in [-0.15, -0.1) is 0 Å². The van der Waals surface area contributed by atoms with Gasteiger partial charge in [0.25, 0.3) is 0 Å². The summed E-state index contributed by atoms with van der Waals surface area (Å²) in [5.41, 5.74) is 5.36. The molecular weight excluding hydrogens is 396 g/mol. The number of nitrogens with one attached hydrogen (secondary N) is 2. The maximum atomic E-state index is 14.9. The van der Waals surface area contributed by atoms with Crippen LogP contribution in [0.2, 0.25) is 0 Å². The Hall–Kier alpha value is -3.27. The fourth-order valence-corrected chi connectivity index (χ4v) is 3.82. The van der Waals surface area contributed by atoms with Crippen molar-refractivity contribution in [3.63, 3.8) is 0 Å². The van der Waals surface area contributed by atoms with Crippen molar-refractivity contribution in [1.29, 1.82) is 5.41 Å². The van der Waals surface area contributed by atoms with Crippen LogP contribution in [0.15, 0.2) is 30.5 Å². The highest BCUT2D eigenvalue weighted by atomic mass is 19.1. The zero-order valence-electron chi connectivity index (χ0n) is 16.1. The summed E-state index contributed by atoms with van der Waals surface area (Å²) in [6.07, 6.45) is 2.43. The molecule has 8 nitrogen and oxygen atoms in total. The van der Waals surface area contributed by atoms with E-state index in [4.69, 9.17) is 20.6 Å². The Balaban J connectivity index is 1.48. The Kier molecular flexibility index (Phi) is 5.25. The largest absolute Gasteiger partial charge is 0.444 e. The molecule has 1 amide bonds. The number of halogens is 2. The van der Waals surface area contributed by atoms with Crippen molar-refractivity contribution in [2.45, 2.75) is 25.0 Å². The number of anilines is 1. The van der Waals surface area contributed by atoms with Gasteiger partial charge in [-0.25, -0.2) is 18.6 Å². The Labute approximate surface area is 171 Å². The third kappa shape index (κ3) is 3.90. The lowest BCUT2D eigenvalue weighted by atomic mass is 9.91. The molecule has 3 heterocycles. The van der Waals surface area contributed by atoms with Crippen molar-refractivity contribution in [3.8, 4) is 11.1 Å². The smallest absolute Gasteiger partial charge is 0.414 e. The van der Waals surface area contributed by atoms with Crippen molar-refractivity contribution in [2.24, 2.45) is 5.73 Å². The van der Waals surface area contributed by atoms with Crippen LogP contribution < -0.4 is 16.0 Å². The zero-order valence-corrected chi connectivity index (χ0v) is 16.1. The minimum absolute atomic E-state index is 0.0961. The number of carbonyl (C=O) groups excluding carboxylic acids is 1. The second kappa shape index (κ2) is 7.86. The second-order valence-electron chi connectivity index (χ2n) is 7.41. The molecule has 2 fully saturated rings. The molecule has 30 heavy (non-hydrogen) atoms. The number of hydrogen-bond donors (Lipinski definition) is 3. The number of benzene rings is 1. The lowest BCUT2D eigenvalue weighted by Gasteiger charge is -2.47. The summed E-state index contributed by atoms with van der Waals surface area (Å²) >= 11 is 0. The zero-order chi connectivity index (χ0) is 21.3. The first-order valence-corrected chi connectivity index (χ1v) is 9.47. The van der Waals surface area contributed by atoms with Gasteiger partial charge in [0, 0.05) is 29.5 Å². The van der Waals surface area contributed by atoms with Gasteiger partial charge in [-0.2, -0.15) is 0 Å². The highest BCUT2D eigenvalue weighted by molar-refractivity contribution is 5.90. The monoisotopic (exact) mass is 417 g/mol. The number of pyridine rings is 1. The standard InChI is InChI=1S/C20H21F2N5O3/c21-15-7-13(8-25-17(15)27-10-20(11-27)5-2-6-30-20)14-4-1-3-12(16(14)22)9-29-19(28)26-18(23)24/h1,3-4,7-8H,2,5-6,9-11H2,(H4,23,24,26,28). The molecule has 0 bridgehead atoms. The molecule has 2 saturated heterocycles. The van der Waals surface area contributed by atoms with Crippen LogP contribution in [0.25, 0.3) is 11.1 Å². The lowest BCUT2D eigenvalue weighted by Crippen LogP contribution is -2.62. The van der Waals surface area contributed by atoms with E-state index in [1.54, 1.807) is 6.07 Å². The SMILES string of the molecule is N=C(N)NC(=O)OCc1cccc(-c2cnc(N3CC4(CCCO4)C3)c(F)c2)c1F. The number of aromatic nitrogens is 1.